The van der Waals surface area contributed by atoms with E-state index in [1.165, 1.54) is 24.8 Å². The number of rotatable bonds is 7. The van der Waals surface area contributed by atoms with E-state index >= 15 is 0 Å². The van der Waals surface area contributed by atoms with E-state index in [0.717, 1.165) is 39.3 Å². The average molecular weight is 358 g/mol. The Morgan fingerprint density at radius 1 is 1.31 bits per heavy atom. The first-order valence-electron chi connectivity index (χ1n) is 10.3. The summed E-state index contributed by atoms with van der Waals surface area (Å²) in [5, 5.41) is 3.47. The quantitative estimate of drug-likeness (QED) is 0.815. The summed E-state index contributed by atoms with van der Waals surface area (Å²) in [6.45, 7) is 8.65. The van der Waals surface area contributed by atoms with Crippen LogP contribution in [0.2, 0.25) is 0 Å². The number of benzene rings is 1. The SMILES string of the molecule is CC(CC(=O)N(C)CC1CCN(Cc2ccccc2)C1)C1CCCNC1. The molecular formula is C22H35N3O. The average Bonchev–Trinajstić information content (AvgIpc) is 3.10. The van der Waals surface area contributed by atoms with Gasteiger partial charge in [-0.05, 0) is 62.2 Å². The molecule has 1 amide bonds. The summed E-state index contributed by atoms with van der Waals surface area (Å²) < 4.78 is 0. The normalized spacial score (nSPS) is 25.2. The zero-order chi connectivity index (χ0) is 18.4. The summed E-state index contributed by atoms with van der Waals surface area (Å²) in [4.78, 5) is 17.2. The first-order chi connectivity index (χ1) is 12.6. The van der Waals surface area contributed by atoms with Gasteiger partial charge in [0.1, 0.15) is 0 Å². The minimum Gasteiger partial charge on any atom is -0.345 e. The van der Waals surface area contributed by atoms with Gasteiger partial charge in [-0.3, -0.25) is 9.69 Å². The molecule has 2 aliphatic rings. The second-order valence-electron chi connectivity index (χ2n) is 8.44. The number of nitrogens with zero attached hydrogens (tertiary/aromatic N) is 2. The standard InChI is InChI=1S/C22H35N3O/c1-18(21-9-6-11-23-14-21)13-22(26)24(2)15-20-10-12-25(17-20)16-19-7-4-3-5-8-19/h3-5,7-8,18,20-21,23H,6,9-17H2,1-2H3. The van der Waals surface area contributed by atoms with Crippen molar-refractivity contribution in [2.75, 3.05) is 39.8 Å². The Hall–Kier alpha value is -1.39. The molecular weight excluding hydrogens is 322 g/mol. The molecule has 3 atom stereocenters. The van der Waals surface area contributed by atoms with Crippen LogP contribution in [0.3, 0.4) is 0 Å². The highest BCUT2D eigenvalue weighted by Crippen LogP contribution is 2.24. The molecule has 4 heteroatoms. The second-order valence-corrected chi connectivity index (χ2v) is 8.44. The number of hydrogen-bond acceptors (Lipinski definition) is 3. The van der Waals surface area contributed by atoms with Crippen LogP contribution in [0.5, 0.6) is 0 Å². The number of piperidine rings is 1. The molecule has 0 aliphatic carbocycles. The molecule has 0 spiro atoms. The minimum absolute atomic E-state index is 0.324. The van der Waals surface area contributed by atoms with E-state index in [1.807, 2.05) is 11.9 Å². The number of likely N-dealkylation sites (tertiary alicyclic amines) is 1. The highest BCUT2D eigenvalue weighted by atomic mass is 16.2. The van der Waals surface area contributed by atoms with Crippen molar-refractivity contribution >= 4 is 5.91 Å². The van der Waals surface area contributed by atoms with Crippen LogP contribution in [0.4, 0.5) is 0 Å². The molecule has 0 saturated carbocycles. The van der Waals surface area contributed by atoms with Gasteiger partial charge in [-0.25, -0.2) is 0 Å². The summed E-state index contributed by atoms with van der Waals surface area (Å²) >= 11 is 0. The summed E-state index contributed by atoms with van der Waals surface area (Å²) in [6, 6.07) is 10.7. The molecule has 1 N–H and O–H groups in total. The Morgan fingerprint density at radius 3 is 2.85 bits per heavy atom. The van der Waals surface area contributed by atoms with Gasteiger partial charge in [0.2, 0.25) is 5.91 Å². The molecule has 0 aromatic heterocycles. The lowest BCUT2D eigenvalue weighted by molar-refractivity contribution is -0.131. The lowest BCUT2D eigenvalue weighted by Gasteiger charge is -2.29. The van der Waals surface area contributed by atoms with Crippen molar-refractivity contribution in [1.29, 1.82) is 0 Å². The molecule has 1 aromatic carbocycles. The summed E-state index contributed by atoms with van der Waals surface area (Å²) in [6.07, 6.45) is 4.41. The van der Waals surface area contributed by atoms with Crippen LogP contribution in [0, 0.1) is 17.8 Å². The summed E-state index contributed by atoms with van der Waals surface area (Å²) in [7, 11) is 1.99. The van der Waals surface area contributed by atoms with Crippen LogP contribution in [0.15, 0.2) is 30.3 Å². The van der Waals surface area contributed by atoms with Gasteiger partial charge in [-0.2, -0.15) is 0 Å². The third-order valence-electron chi connectivity index (χ3n) is 6.21. The van der Waals surface area contributed by atoms with Crippen molar-refractivity contribution in [3.8, 4) is 0 Å². The van der Waals surface area contributed by atoms with Crippen molar-refractivity contribution in [1.82, 2.24) is 15.1 Å². The fraction of sp³-hybridized carbons (Fsp3) is 0.682. The molecule has 0 bridgehead atoms. The third-order valence-corrected chi connectivity index (χ3v) is 6.21. The van der Waals surface area contributed by atoms with Gasteiger partial charge in [-0.15, -0.1) is 0 Å². The predicted molar refractivity (Wildman–Crippen MR) is 107 cm³/mol. The van der Waals surface area contributed by atoms with Crippen LogP contribution in [0.25, 0.3) is 0 Å². The first-order valence-corrected chi connectivity index (χ1v) is 10.3. The third kappa shape index (κ3) is 5.55. The number of hydrogen-bond donors (Lipinski definition) is 1. The predicted octanol–water partition coefficient (Wildman–Crippen LogP) is 2.99. The molecule has 3 rings (SSSR count). The zero-order valence-electron chi connectivity index (χ0n) is 16.5. The fourth-order valence-electron chi connectivity index (χ4n) is 4.50. The van der Waals surface area contributed by atoms with Gasteiger partial charge in [0.15, 0.2) is 0 Å². The zero-order valence-corrected chi connectivity index (χ0v) is 16.5. The maximum atomic E-state index is 12.6. The molecule has 3 unspecified atom stereocenters. The molecule has 144 valence electrons. The van der Waals surface area contributed by atoms with E-state index < -0.39 is 0 Å². The highest BCUT2D eigenvalue weighted by Gasteiger charge is 2.27. The Labute approximate surface area is 158 Å². The lowest BCUT2D eigenvalue weighted by Crippen LogP contribution is -2.37. The van der Waals surface area contributed by atoms with E-state index in [-0.39, 0.29) is 0 Å². The molecule has 4 nitrogen and oxygen atoms in total. The molecule has 26 heavy (non-hydrogen) atoms. The lowest BCUT2D eigenvalue weighted by atomic mass is 9.85. The van der Waals surface area contributed by atoms with Gasteiger partial charge in [0, 0.05) is 33.1 Å². The number of amides is 1. The van der Waals surface area contributed by atoms with Crippen LogP contribution < -0.4 is 5.32 Å². The maximum absolute atomic E-state index is 12.6. The van der Waals surface area contributed by atoms with Crippen molar-refractivity contribution in [2.45, 2.75) is 39.2 Å². The van der Waals surface area contributed by atoms with Gasteiger partial charge in [0.05, 0.1) is 0 Å². The smallest absolute Gasteiger partial charge is 0.222 e. The Bertz CT molecular complexity index is 556. The molecule has 2 aliphatic heterocycles. The van der Waals surface area contributed by atoms with Crippen LogP contribution >= 0.6 is 0 Å². The maximum Gasteiger partial charge on any atom is 0.222 e. The second kappa shape index (κ2) is 9.52. The highest BCUT2D eigenvalue weighted by molar-refractivity contribution is 5.76. The Balaban J connectivity index is 1.40. The van der Waals surface area contributed by atoms with Crippen molar-refractivity contribution in [3.05, 3.63) is 35.9 Å². The van der Waals surface area contributed by atoms with Crippen molar-refractivity contribution < 1.29 is 4.79 Å². The van der Waals surface area contributed by atoms with Crippen LogP contribution in [0.1, 0.15) is 38.2 Å². The van der Waals surface area contributed by atoms with Crippen molar-refractivity contribution in [2.24, 2.45) is 17.8 Å². The van der Waals surface area contributed by atoms with Crippen LogP contribution in [-0.4, -0.2) is 55.5 Å². The monoisotopic (exact) mass is 357 g/mol. The summed E-state index contributed by atoms with van der Waals surface area (Å²) in [5.41, 5.74) is 1.38. The van der Waals surface area contributed by atoms with E-state index in [0.29, 0.717) is 30.1 Å². The Kier molecular flexibility index (Phi) is 7.09. The fourth-order valence-corrected chi connectivity index (χ4v) is 4.50. The van der Waals surface area contributed by atoms with E-state index in [4.69, 9.17) is 0 Å². The topological polar surface area (TPSA) is 35.6 Å². The molecule has 2 heterocycles. The van der Waals surface area contributed by atoms with Crippen molar-refractivity contribution in [3.63, 3.8) is 0 Å². The van der Waals surface area contributed by atoms with Gasteiger partial charge >= 0.3 is 0 Å². The molecule has 2 fully saturated rings. The van der Waals surface area contributed by atoms with Crippen LogP contribution in [-0.2, 0) is 11.3 Å². The molecule has 1 aromatic rings. The van der Waals surface area contributed by atoms with Gasteiger partial charge in [0.25, 0.3) is 0 Å². The largest absolute Gasteiger partial charge is 0.345 e. The van der Waals surface area contributed by atoms with E-state index in [2.05, 4.69) is 47.5 Å². The van der Waals surface area contributed by atoms with Gasteiger partial charge in [-0.1, -0.05) is 37.3 Å². The first kappa shape index (κ1) is 19.4. The van der Waals surface area contributed by atoms with E-state index in [1.54, 1.807) is 0 Å². The Morgan fingerprint density at radius 2 is 2.12 bits per heavy atom. The number of carbonyl (C=O) groups is 1. The number of nitrogens with one attached hydrogen (secondary N) is 1. The van der Waals surface area contributed by atoms with E-state index in [9.17, 15) is 4.79 Å². The van der Waals surface area contributed by atoms with Gasteiger partial charge < -0.3 is 10.2 Å². The molecule has 0 radical (unpaired) electrons. The molecule has 2 saturated heterocycles. The number of carbonyl (C=O) groups excluding carboxylic acids is 1. The summed E-state index contributed by atoms with van der Waals surface area (Å²) in [5.74, 6) is 2.08. The minimum atomic E-state index is 0.324.